The molecule has 0 radical (unpaired) electrons. The Morgan fingerprint density at radius 3 is 2.79 bits per heavy atom. The lowest BCUT2D eigenvalue weighted by atomic mass is 10.1. The molecule has 0 aliphatic heterocycles. The highest BCUT2D eigenvalue weighted by Gasteiger charge is 2.20. The average Bonchev–Trinajstić information content (AvgIpc) is 3.18. The number of aromatic nitrogens is 5. The molecule has 29 heavy (non-hydrogen) atoms. The van der Waals surface area contributed by atoms with Gasteiger partial charge >= 0.3 is 0 Å². The standard InChI is InChI=1S/C21H20N6OS/c1-13-9-10-16(12-14(13)2)27-21(24-25-26-27)29-15(3)20(28)23-19-8-4-7-18-17(19)6-5-11-22-18/h4-12,15H,1-3H3,(H,23,28). The van der Waals surface area contributed by atoms with Gasteiger partial charge in [-0.15, -0.1) is 5.10 Å². The third-order valence-corrected chi connectivity index (χ3v) is 5.76. The van der Waals surface area contributed by atoms with Crippen molar-refractivity contribution in [2.45, 2.75) is 31.2 Å². The van der Waals surface area contributed by atoms with E-state index in [0.29, 0.717) is 5.16 Å². The summed E-state index contributed by atoms with van der Waals surface area (Å²) in [6.07, 6.45) is 1.74. The van der Waals surface area contributed by atoms with E-state index in [4.69, 9.17) is 0 Å². The van der Waals surface area contributed by atoms with Crippen LogP contribution in [0.2, 0.25) is 0 Å². The van der Waals surface area contributed by atoms with Gasteiger partial charge in [-0.25, -0.2) is 0 Å². The second-order valence-corrected chi connectivity index (χ2v) is 8.07. The van der Waals surface area contributed by atoms with E-state index in [9.17, 15) is 4.79 Å². The van der Waals surface area contributed by atoms with E-state index in [2.05, 4.69) is 32.7 Å². The molecule has 0 spiro atoms. The quantitative estimate of drug-likeness (QED) is 0.507. The Morgan fingerprint density at radius 1 is 1.10 bits per heavy atom. The monoisotopic (exact) mass is 404 g/mol. The zero-order chi connectivity index (χ0) is 20.4. The van der Waals surface area contributed by atoms with Crippen molar-refractivity contribution in [3.05, 3.63) is 65.9 Å². The molecule has 1 amide bonds. The minimum atomic E-state index is -0.391. The maximum atomic E-state index is 12.8. The number of anilines is 1. The zero-order valence-electron chi connectivity index (χ0n) is 16.3. The van der Waals surface area contributed by atoms with E-state index in [0.717, 1.165) is 27.8 Å². The first kappa shape index (κ1) is 19.1. The molecule has 1 atom stereocenters. The zero-order valence-corrected chi connectivity index (χ0v) is 17.1. The molecule has 8 heteroatoms. The van der Waals surface area contributed by atoms with Crippen LogP contribution in [0.1, 0.15) is 18.1 Å². The third kappa shape index (κ3) is 3.97. The first-order valence-electron chi connectivity index (χ1n) is 9.20. The highest BCUT2D eigenvalue weighted by atomic mass is 32.2. The molecule has 146 valence electrons. The van der Waals surface area contributed by atoms with Gasteiger partial charge in [-0.2, -0.15) is 4.68 Å². The van der Waals surface area contributed by atoms with Crippen molar-refractivity contribution in [2.75, 3.05) is 5.32 Å². The summed E-state index contributed by atoms with van der Waals surface area (Å²) in [6, 6.07) is 15.5. The number of thioether (sulfide) groups is 1. The van der Waals surface area contributed by atoms with Crippen LogP contribution in [0.15, 0.2) is 59.9 Å². The number of hydrogen-bond acceptors (Lipinski definition) is 6. The van der Waals surface area contributed by atoms with Crippen LogP contribution in [0.4, 0.5) is 5.69 Å². The summed E-state index contributed by atoms with van der Waals surface area (Å²) >= 11 is 1.31. The van der Waals surface area contributed by atoms with E-state index >= 15 is 0 Å². The average molecular weight is 404 g/mol. The van der Waals surface area contributed by atoms with Crippen LogP contribution in [-0.4, -0.2) is 36.3 Å². The number of tetrazole rings is 1. The van der Waals surface area contributed by atoms with Crippen LogP contribution in [0.25, 0.3) is 16.6 Å². The first-order valence-corrected chi connectivity index (χ1v) is 10.1. The van der Waals surface area contributed by atoms with Gasteiger partial charge in [-0.1, -0.05) is 23.9 Å². The molecule has 2 aromatic carbocycles. The van der Waals surface area contributed by atoms with Gasteiger partial charge in [0.1, 0.15) is 0 Å². The van der Waals surface area contributed by atoms with E-state index in [1.54, 1.807) is 10.9 Å². The van der Waals surface area contributed by atoms with E-state index < -0.39 is 5.25 Å². The highest BCUT2D eigenvalue weighted by molar-refractivity contribution is 8.00. The number of amides is 1. The summed E-state index contributed by atoms with van der Waals surface area (Å²) in [5, 5.41) is 16.1. The van der Waals surface area contributed by atoms with Crippen LogP contribution in [-0.2, 0) is 4.79 Å². The van der Waals surface area contributed by atoms with Crippen molar-refractivity contribution in [3.63, 3.8) is 0 Å². The largest absolute Gasteiger partial charge is 0.324 e. The Hall–Kier alpha value is -3.26. The van der Waals surface area contributed by atoms with E-state index in [1.165, 1.54) is 17.3 Å². The molecule has 2 aromatic heterocycles. The Morgan fingerprint density at radius 2 is 1.97 bits per heavy atom. The SMILES string of the molecule is Cc1ccc(-n2nnnc2SC(C)C(=O)Nc2cccc3ncccc23)cc1C. The predicted octanol–water partition coefficient (Wildman–Crippen LogP) is 3.95. The minimum Gasteiger partial charge on any atom is -0.324 e. The van der Waals surface area contributed by atoms with Crippen molar-refractivity contribution >= 4 is 34.3 Å². The smallest absolute Gasteiger partial charge is 0.237 e. The van der Waals surface area contributed by atoms with Crippen LogP contribution in [0.5, 0.6) is 0 Å². The number of hydrogen-bond donors (Lipinski definition) is 1. The molecule has 1 unspecified atom stereocenters. The van der Waals surface area contributed by atoms with Crippen LogP contribution >= 0.6 is 11.8 Å². The number of nitrogens with one attached hydrogen (secondary N) is 1. The minimum absolute atomic E-state index is 0.124. The number of carbonyl (C=O) groups is 1. The number of fused-ring (bicyclic) bond motifs is 1. The number of aryl methyl sites for hydroxylation is 2. The maximum absolute atomic E-state index is 12.8. The van der Waals surface area contributed by atoms with Crippen LogP contribution in [0, 0.1) is 13.8 Å². The normalized spacial score (nSPS) is 12.1. The van der Waals surface area contributed by atoms with Crippen molar-refractivity contribution < 1.29 is 4.79 Å². The van der Waals surface area contributed by atoms with E-state index in [1.807, 2.05) is 62.4 Å². The molecule has 0 fully saturated rings. The molecule has 2 heterocycles. The highest BCUT2D eigenvalue weighted by Crippen LogP contribution is 2.26. The lowest BCUT2D eigenvalue weighted by molar-refractivity contribution is -0.115. The Balaban J connectivity index is 1.52. The molecule has 1 N–H and O–H groups in total. The molecular weight excluding hydrogens is 384 g/mol. The Labute approximate surface area is 172 Å². The molecule has 0 saturated heterocycles. The molecule has 0 saturated carbocycles. The Kier molecular flexibility index (Phi) is 5.26. The van der Waals surface area contributed by atoms with Crippen LogP contribution < -0.4 is 5.32 Å². The van der Waals surface area contributed by atoms with Crippen molar-refractivity contribution in [3.8, 4) is 5.69 Å². The van der Waals surface area contributed by atoms with Gasteiger partial charge in [0.2, 0.25) is 11.1 Å². The fourth-order valence-corrected chi connectivity index (χ4v) is 3.74. The molecule has 0 aliphatic carbocycles. The molecule has 4 aromatic rings. The number of nitrogens with zero attached hydrogens (tertiary/aromatic N) is 5. The number of pyridine rings is 1. The first-order chi connectivity index (χ1) is 14.0. The third-order valence-electron chi connectivity index (χ3n) is 4.73. The number of rotatable bonds is 5. The summed E-state index contributed by atoms with van der Waals surface area (Å²) < 4.78 is 1.66. The lowest BCUT2D eigenvalue weighted by Gasteiger charge is -2.13. The Bertz CT molecular complexity index is 1180. The lowest BCUT2D eigenvalue weighted by Crippen LogP contribution is -2.23. The number of carbonyl (C=O) groups excluding carboxylic acids is 1. The van der Waals surface area contributed by atoms with Gasteiger partial charge in [-0.3, -0.25) is 9.78 Å². The summed E-state index contributed by atoms with van der Waals surface area (Å²) in [6.45, 7) is 5.94. The van der Waals surface area contributed by atoms with Gasteiger partial charge in [0, 0.05) is 11.6 Å². The predicted molar refractivity (Wildman–Crippen MR) is 114 cm³/mol. The van der Waals surface area contributed by atoms with E-state index in [-0.39, 0.29) is 5.91 Å². The second kappa shape index (κ2) is 8.00. The van der Waals surface area contributed by atoms with Crippen molar-refractivity contribution in [2.24, 2.45) is 0 Å². The summed E-state index contributed by atoms with van der Waals surface area (Å²) in [7, 11) is 0. The summed E-state index contributed by atoms with van der Waals surface area (Å²) in [5.74, 6) is -0.124. The maximum Gasteiger partial charge on any atom is 0.237 e. The van der Waals surface area contributed by atoms with Gasteiger partial charge in [0.25, 0.3) is 0 Å². The molecule has 7 nitrogen and oxygen atoms in total. The molecule has 0 bridgehead atoms. The van der Waals surface area contributed by atoms with Crippen molar-refractivity contribution in [1.29, 1.82) is 0 Å². The molecule has 0 aliphatic rings. The topological polar surface area (TPSA) is 85.6 Å². The van der Waals surface area contributed by atoms with Gasteiger partial charge in [0.05, 0.1) is 22.1 Å². The van der Waals surface area contributed by atoms with Crippen molar-refractivity contribution in [1.82, 2.24) is 25.2 Å². The van der Waals surface area contributed by atoms with Crippen LogP contribution in [0.3, 0.4) is 0 Å². The van der Waals surface area contributed by atoms with Gasteiger partial charge in [0.15, 0.2) is 0 Å². The van der Waals surface area contributed by atoms with Gasteiger partial charge in [-0.05, 0) is 78.7 Å². The molecule has 4 rings (SSSR count). The molecular formula is C21H20N6OS. The second-order valence-electron chi connectivity index (χ2n) is 6.77. The van der Waals surface area contributed by atoms with Gasteiger partial charge < -0.3 is 5.32 Å². The fraction of sp³-hybridized carbons (Fsp3) is 0.190. The fourth-order valence-electron chi connectivity index (χ4n) is 2.93. The number of benzene rings is 2. The summed E-state index contributed by atoms with van der Waals surface area (Å²) in [4.78, 5) is 17.1. The summed E-state index contributed by atoms with van der Waals surface area (Å²) in [5.41, 5.74) is 4.80.